The van der Waals surface area contributed by atoms with Crippen LogP contribution in [0.25, 0.3) is 0 Å². The third kappa shape index (κ3) is 2.08. The van der Waals surface area contributed by atoms with E-state index in [1.165, 1.54) is 14.2 Å². The fourth-order valence-electron chi connectivity index (χ4n) is 3.89. The van der Waals surface area contributed by atoms with Crippen LogP contribution in [0.2, 0.25) is 0 Å². The summed E-state index contributed by atoms with van der Waals surface area (Å²) < 4.78 is 21.7. The van der Waals surface area contributed by atoms with Crippen molar-refractivity contribution >= 4 is 11.9 Å². The van der Waals surface area contributed by atoms with Gasteiger partial charge < -0.3 is 18.9 Å². The molecule has 0 N–H and O–H groups in total. The Hall–Kier alpha value is -1.40. The maximum atomic E-state index is 12.2. The van der Waals surface area contributed by atoms with E-state index in [4.69, 9.17) is 18.9 Å². The van der Waals surface area contributed by atoms with Crippen molar-refractivity contribution in [3.8, 4) is 0 Å². The zero-order chi connectivity index (χ0) is 15.4. The van der Waals surface area contributed by atoms with Crippen molar-refractivity contribution in [3.05, 3.63) is 12.2 Å². The van der Waals surface area contributed by atoms with Crippen molar-refractivity contribution in [2.45, 2.75) is 31.8 Å². The van der Waals surface area contributed by atoms with E-state index in [-0.39, 0.29) is 24.0 Å². The van der Waals surface area contributed by atoms with Gasteiger partial charge >= 0.3 is 11.9 Å². The fraction of sp³-hybridized carbons (Fsp3) is 0.733. The summed E-state index contributed by atoms with van der Waals surface area (Å²) in [5.74, 6) is -3.18. The molecule has 2 bridgehead atoms. The molecule has 0 aromatic rings. The molecule has 0 aromatic heterocycles. The molecule has 116 valence electrons. The van der Waals surface area contributed by atoms with E-state index < -0.39 is 29.6 Å². The molecule has 1 saturated carbocycles. The van der Waals surface area contributed by atoms with Crippen molar-refractivity contribution in [1.29, 1.82) is 0 Å². The third-order valence-corrected chi connectivity index (χ3v) is 4.64. The Morgan fingerprint density at radius 3 is 1.62 bits per heavy atom. The van der Waals surface area contributed by atoms with E-state index in [0.717, 1.165) is 0 Å². The molecular weight excluding hydrogens is 276 g/mol. The lowest BCUT2D eigenvalue weighted by atomic mass is 9.59. The zero-order valence-electron chi connectivity index (χ0n) is 12.6. The van der Waals surface area contributed by atoms with Crippen LogP contribution in [0.5, 0.6) is 0 Å². The van der Waals surface area contributed by atoms with Crippen LogP contribution in [0.15, 0.2) is 12.2 Å². The quantitative estimate of drug-likeness (QED) is 0.557. The average Bonchev–Trinajstić information content (AvgIpc) is 2.81. The van der Waals surface area contributed by atoms with Gasteiger partial charge in [0.05, 0.1) is 38.3 Å². The highest BCUT2D eigenvalue weighted by Crippen LogP contribution is 2.52. The van der Waals surface area contributed by atoms with Crippen LogP contribution in [0.4, 0.5) is 0 Å². The van der Waals surface area contributed by atoms with E-state index in [1.54, 1.807) is 0 Å². The molecule has 1 aliphatic heterocycles. The van der Waals surface area contributed by atoms with Gasteiger partial charge in [-0.3, -0.25) is 9.59 Å². The molecule has 0 radical (unpaired) electrons. The summed E-state index contributed by atoms with van der Waals surface area (Å²) in [4.78, 5) is 24.4. The summed E-state index contributed by atoms with van der Waals surface area (Å²) in [6, 6.07) is 0. The molecular formula is C15H20O6. The molecule has 1 heterocycles. The SMILES string of the molecule is COC(=O)[C@@H]1[C@@H]2C=C[C@@H]([C@H]3OC(C)(C)O[C@@H]23)[C@@H]1C(=O)OC. The maximum Gasteiger partial charge on any atom is 0.310 e. The topological polar surface area (TPSA) is 71.1 Å². The summed E-state index contributed by atoms with van der Waals surface area (Å²) >= 11 is 0. The van der Waals surface area contributed by atoms with Gasteiger partial charge in [-0.2, -0.15) is 0 Å². The van der Waals surface area contributed by atoms with Gasteiger partial charge in [0.1, 0.15) is 0 Å². The normalized spacial score (nSPS) is 42.5. The van der Waals surface area contributed by atoms with Crippen molar-refractivity contribution in [2.75, 3.05) is 14.2 Å². The summed E-state index contributed by atoms with van der Waals surface area (Å²) in [6.07, 6.45) is 3.41. The highest BCUT2D eigenvalue weighted by atomic mass is 16.8. The first-order valence-corrected chi connectivity index (χ1v) is 7.09. The van der Waals surface area contributed by atoms with Crippen LogP contribution in [0, 0.1) is 23.7 Å². The van der Waals surface area contributed by atoms with Gasteiger partial charge in [0.25, 0.3) is 0 Å². The Morgan fingerprint density at radius 2 is 1.29 bits per heavy atom. The van der Waals surface area contributed by atoms with Gasteiger partial charge in [-0.15, -0.1) is 0 Å². The van der Waals surface area contributed by atoms with Crippen LogP contribution in [-0.2, 0) is 28.5 Å². The molecule has 0 amide bonds. The first-order valence-electron chi connectivity index (χ1n) is 7.09. The first kappa shape index (κ1) is 14.5. The number of ether oxygens (including phenoxy) is 4. The van der Waals surface area contributed by atoms with Crippen LogP contribution in [0.3, 0.4) is 0 Å². The maximum absolute atomic E-state index is 12.2. The number of esters is 2. The molecule has 0 unspecified atom stereocenters. The Labute approximate surface area is 123 Å². The number of carbonyl (C=O) groups excluding carboxylic acids is 2. The number of fused-ring (bicyclic) bond motifs is 1. The molecule has 3 aliphatic carbocycles. The summed E-state index contributed by atoms with van der Waals surface area (Å²) in [6.45, 7) is 3.68. The summed E-state index contributed by atoms with van der Waals surface area (Å²) in [7, 11) is 2.66. The van der Waals surface area contributed by atoms with Gasteiger partial charge in [-0.05, 0) is 13.8 Å². The second-order valence-corrected chi connectivity index (χ2v) is 6.20. The smallest absolute Gasteiger partial charge is 0.310 e. The van der Waals surface area contributed by atoms with Crippen molar-refractivity contribution in [3.63, 3.8) is 0 Å². The monoisotopic (exact) mass is 296 g/mol. The molecule has 6 heteroatoms. The third-order valence-electron chi connectivity index (χ3n) is 4.64. The Bertz CT molecular complexity index is 454. The molecule has 0 aromatic carbocycles. The predicted octanol–water partition coefficient (Wildman–Crippen LogP) is 0.901. The molecule has 21 heavy (non-hydrogen) atoms. The lowest BCUT2D eigenvalue weighted by Gasteiger charge is -2.46. The Balaban J connectivity index is 2.00. The van der Waals surface area contributed by atoms with Gasteiger partial charge in [0.15, 0.2) is 5.79 Å². The van der Waals surface area contributed by atoms with Crippen LogP contribution in [0.1, 0.15) is 13.8 Å². The minimum atomic E-state index is -0.719. The van der Waals surface area contributed by atoms with Gasteiger partial charge in [-0.25, -0.2) is 0 Å². The number of hydrogen-bond acceptors (Lipinski definition) is 6. The Kier molecular flexibility index (Phi) is 3.33. The van der Waals surface area contributed by atoms with Gasteiger partial charge in [-0.1, -0.05) is 12.2 Å². The van der Waals surface area contributed by atoms with Crippen LogP contribution in [-0.4, -0.2) is 44.2 Å². The minimum absolute atomic E-state index is 0.236. The van der Waals surface area contributed by atoms with Crippen molar-refractivity contribution in [1.82, 2.24) is 0 Å². The number of rotatable bonds is 2. The molecule has 1 saturated heterocycles. The van der Waals surface area contributed by atoms with E-state index in [2.05, 4.69) is 0 Å². The predicted molar refractivity (Wildman–Crippen MR) is 71.0 cm³/mol. The van der Waals surface area contributed by atoms with Crippen LogP contribution < -0.4 is 0 Å². The zero-order valence-corrected chi connectivity index (χ0v) is 12.6. The molecule has 0 spiro atoms. The minimum Gasteiger partial charge on any atom is -0.469 e. The number of carbonyl (C=O) groups is 2. The lowest BCUT2D eigenvalue weighted by Crippen LogP contribution is -2.57. The van der Waals surface area contributed by atoms with E-state index in [1.807, 2.05) is 26.0 Å². The lowest BCUT2D eigenvalue weighted by molar-refractivity contribution is -0.171. The van der Waals surface area contributed by atoms with Crippen molar-refractivity contribution in [2.24, 2.45) is 23.7 Å². The van der Waals surface area contributed by atoms with Gasteiger partial charge in [0, 0.05) is 11.8 Å². The number of hydrogen-bond donors (Lipinski definition) is 0. The number of methoxy groups -OCH3 is 2. The highest BCUT2D eigenvalue weighted by molar-refractivity contribution is 5.84. The second kappa shape index (κ2) is 4.81. The van der Waals surface area contributed by atoms with Crippen molar-refractivity contribution < 1.29 is 28.5 Å². The van der Waals surface area contributed by atoms with Crippen LogP contribution >= 0.6 is 0 Å². The average molecular weight is 296 g/mol. The molecule has 4 rings (SSSR count). The van der Waals surface area contributed by atoms with E-state index >= 15 is 0 Å². The Morgan fingerprint density at radius 1 is 0.905 bits per heavy atom. The van der Waals surface area contributed by atoms with E-state index in [0.29, 0.717) is 0 Å². The van der Waals surface area contributed by atoms with Gasteiger partial charge in [0.2, 0.25) is 0 Å². The summed E-state index contributed by atoms with van der Waals surface area (Å²) in [5, 5.41) is 0. The molecule has 6 nitrogen and oxygen atoms in total. The largest absolute Gasteiger partial charge is 0.469 e. The van der Waals surface area contributed by atoms with E-state index in [9.17, 15) is 9.59 Å². The standard InChI is InChI=1S/C15H20O6/c1-15(2)20-11-7-5-6-8(12(11)21-15)10(14(17)19-4)9(7)13(16)18-3/h5-12H,1-4H3/t7-,8+,9+,10-,11-,12+. The highest BCUT2D eigenvalue weighted by Gasteiger charge is 2.62. The summed E-state index contributed by atoms with van der Waals surface area (Å²) in [5.41, 5.74) is 0. The molecule has 4 aliphatic rings. The first-order chi connectivity index (χ1) is 9.89. The molecule has 2 fully saturated rings. The fourth-order valence-corrected chi connectivity index (χ4v) is 3.89. The molecule has 6 atom stereocenters. The second-order valence-electron chi connectivity index (χ2n) is 6.20.